The van der Waals surface area contributed by atoms with Crippen LogP contribution in [0.15, 0.2) is 24.3 Å². The first kappa shape index (κ1) is 11.5. The molecule has 1 saturated carbocycles. The van der Waals surface area contributed by atoms with Gasteiger partial charge in [0.25, 0.3) is 0 Å². The number of hydrogen-bond acceptors (Lipinski definition) is 1. The third kappa shape index (κ3) is 3.26. The summed E-state index contributed by atoms with van der Waals surface area (Å²) in [6.45, 7) is 2.25. The second kappa shape index (κ2) is 5.93. The minimum absolute atomic E-state index is 0.724. The molecule has 1 aliphatic carbocycles. The first-order valence-electron chi connectivity index (χ1n) is 6.74. The van der Waals surface area contributed by atoms with Crippen molar-refractivity contribution in [3.63, 3.8) is 0 Å². The van der Waals surface area contributed by atoms with Gasteiger partial charge in [-0.05, 0) is 43.4 Å². The van der Waals surface area contributed by atoms with Crippen molar-refractivity contribution in [2.75, 3.05) is 5.32 Å². The van der Waals surface area contributed by atoms with Crippen LogP contribution in [0.25, 0.3) is 0 Å². The van der Waals surface area contributed by atoms with E-state index in [4.69, 9.17) is 0 Å². The van der Waals surface area contributed by atoms with E-state index in [0.29, 0.717) is 0 Å². The molecule has 0 unspecified atom stereocenters. The second-order valence-electron chi connectivity index (χ2n) is 4.93. The number of anilines is 1. The minimum atomic E-state index is 0.724. The zero-order valence-corrected chi connectivity index (χ0v) is 10.3. The quantitative estimate of drug-likeness (QED) is 0.771. The van der Waals surface area contributed by atoms with Crippen LogP contribution in [0.3, 0.4) is 0 Å². The Kier molecular flexibility index (Phi) is 4.26. The number of nitrogens with one attached hydrogen (secondary N) is 1. The molecule has 1 fully saturated rings. The van der Waals surface area contributed by atoms with E-state index >= 15 is 0 Å². The molecule has 1 N–H and O–H groups in total. The van der Waals surface area contributed by atoms with Crippen molar-refractivity contribution in [3.8, 4) is 0 Å². The van der Waals surface area contributed by atoms with Gasteiger partial charge in [-0.25, -0.2) is 0 Å². The normalized spacial score (nSPS) is 16.6. The fourth-order valence-electron chi connectivity index (χ4n) is 2.45. The van der Waals surface area contributed by atoms with Crippen LogP contribution >= 0.6 is 0 Å². The molecule has 1 nitrogen and oxygen atoms in total. The van der Waals surface area contributed by atoms with Crippen molar-refractivity contribution in [3.05, 3.63) is 29.8 Å². The van der Waals surface area contributed by atoms with Crippen LogP contribution in [0.1, 0.15) is 51.0 Å². The average molecular weight is 217 g/mol. The smallest absolute Gasteiger partial charge is 0.0342 e. The molecule has 0 aliphatic heterocycles. The van der Waals surface area contributed by atoms with Gasteiger partial charge in [0.2, 0.25) is 0 Å². The highest BCUT2D eigenvalue weighted by molar-refractivity contribution is 5.45. The van der Waals surface area contributed by atoms with Crippen LogP contribution in [-0.2, 0) is 6.42 Å². The molecule has 0 aromatic heterocycles. The molecule has 0 heterocycles. The Morgan fingerprint density at radius 2 is 1.81 bits per heavy atom. The predicted molar refractivity (Wildman–Crippen MR) is 70.9 cm³/mol. The highest BCUT2D eigenvalue weighted by Gasteiger charge is 2.13. The van der Waals surface area contributed by atoms with Crippen molar-refractivity contribution < 1.29 is 0 Å². The molecular weight excluding hydrogens is 194 g/mol. The van der Waals surface area contributed by atoms with Gasteiger partial charge < -0.3 is 5.32 Å². The maximum absolute atomic E-state index is 3.62. The van der Waals surface area contributed by atoms with E-state index in [1.165, 1.54) is 56.2 Å². The van der Waals surface area contributed by atoms with Crippen LogP contribution in [0.5, 0.6) is 0 Å². The van der Waals surface area contributed by atoms with E-state index in [-0.39, 0.29) is 0 Å². The summed E-state index contributed by atoms with van der Waals surface area (Å²) in [6, 6.07) is 9.74. The van der Waals surface area contributed by atoms with E-state index in [1.807, 2.05) is 0 Å². The molecule has 16 heavy (non-hydrogen) atoms. The Bertz CT molecular complexity index is 296. The topological polar surface area (TPSA) is 12.0 Å². The van der Waals surface area contributed by atoms with Gasteiger partial charge in [0.15, 0.2) is 0 Å². The minimum Gasteiger partial charge on any atom is -0.382 e. The van der Waals surface area contributed by atoms with Gasteiger partial charge in [-0.15, -0.1) is 0 Å². The highest BCUT2D eigenvalue weighted by Crippen LogP contribution is 2.22. The monoisotopic (exact) mass is 217 g/mol. The van der Waals surface area contributed by atoms with Crippen molar-refractivity contribution in [2.24, 2.45) is 0 Å². The van der Waals surface area contributed by atoms with E-state index in [9.17, 15) is 0 Å². The summed E-state index contributed by atoms with van der Waals surface area (Å²) < 4.78 is 0. The first-order chi connectivity index (χ1) is 7.88. The largest absolute Gasteiger partial charge is 0.382 e. The number of unbranched alkanes of at least 4 members (excludes halogenated alkanes) is 1. The lowest BCUT2D eigenvalue weighted by molar-refractivity contribution is 0.755. The van der Waals surface area contributed by atoms with E-state index in [1.54, 1.807) is 0 Å². The lowest BCUT2D eigenvalue weighted by Crippen LogP contribution is -2.14. The molecule has 0 bridgehead atoms. The SMILES string of the molecule is CCCCc1ccc(NC2CCCC2)cc1. The fourth-order valence-corrected chi connectivity index (χ4v) is 2.45. The maximum atomic E-state index is 3.62. The predicted octanol–water partition coefficient (Wildman–Crippen LogP) is 4.38. The summed E-state index contributed by atoms with van der Waals surface area (Å²) >= 11 is 0. The van der Waals surface area contributed by atoms with Gasteiger partial charge in [-0.1, -0.05) is 38.3 Å². The molecule has 1 aromatic carbocycles. The third-order valence-corrected chi connectivity index (χ3v) is 3.50. The fraction of sp³-hybridized carbons (Fsp3) is 0.600. The van der Waals surface area contributed by atoms with Crippen molar-refractivity contribution in [1.29, 1.82) is 0 Å². The summed E-state index contributed by atoms with van der Waals surface area (Å²) in [4.78, 5) is 0. The summed E-state index contributed by atoms with van der Waals surface area (Å²) in [5.74, 6) is 0. The Labute approximate surface area is 99.3 Å². The van der Waals surface area contributed by atoms with Gasteiger partial charge in [0.1, 0.15) is 0 Å². The summed E-state index contributed by atoms with van der Waals surface area (Å²) in [6.07, 6.45) is 9.28. The maximum Gasteiger partial charge on any atom is 0.0342 e. The molecule has 0 radical (unpaired) electrons. The zero-order valence-electron chi connectivity index (χ0n) is 10.3. The molecule has 0 amide bonds. The molecule has 0 atom stereocenters. The highest BCUT2D eigenvalue weighted by atomic mass is 14.9. The van der Waals surface area contributed by atoms with Crippen LogP contribution in [0.2, 0.25) is 0 Å². The van der Waals surface area contributed by atoms with Crippen LogP contribution < -0.4 is 5.32 Å². The first-order valence-corrected chi connectivity index (χ1v) is 6.74. The van der Waals surface area contributed by atoms with E-state index < -0.39 is 0 Å². The summed E-state index contributed by atoms with van der Waals surface area (Å²) in [5, 5.41) is 3.62. The lowest BCUT2D eigenvalue weighted by Gasteiger charge is -2.13. The Hall–Kier alpha value is -0.980. The average Bonchev–Trinajstić information content (AvgIpc) is 2.81. The summed E-state index contributed by atoms with van der Waals surface area (Å²) in [5.41, 5.74) is 2.77. The van der Waals surface area contributed by atoms with E-state index in [0.717, 1.165) is 6.04 Å². The number of benzene rings is 1. The van der Waals surface area contributed by atoms with Crippen LogP contribution in [0.4, 0.5) is 5.69 Å². The van der Waals surface area contributed by atoms with Gasteiger partial charge in [-0.2, -0.15) is 0 Å². The lowest BCUT2D eigenvalue weighted by atomic mass is 10.1. The zero-order chi connectivity index (χ0) is 11.2. The number of rotatable bonds is 5. The van der Waals surface area contributed by atoms with E-state index in [2.05, 4.69) is 36.5 Å². The molecule has 1 aromatic rings. The molecule has 88 valence electrons. The van der Waals surface area contributed by atoms with Crippen LogP contribution in [-0.4, -0.2) is 6.04 Å². The van der Waals surface area contributed by atoms with Crippen LogP contribution in [0, 0.1) is 0 Å². The second-order valence-corrected chi connectivity index (χ2v) is 4.93. The molecule has 2 rings (SSSR count). The van der Waals surface area contributed by atoms with Gasteiger partial charge in [0.05, 0.1) is 0 Å². The van der Waals surface area contributed by atoms with Gasteiger partial charge in [-0.3, -0.25) is 0 Å². The summed E-state index contributed by atoms with van der Waals surface area (Å²) in [7, 11) is 0. The van der Waals surface area contributed by atoms with Crippen molar-refractivity contribution in [2.45, 2.75) is 57.9 Å². The standard InChI is InChI=1S/C15H23N/c1-2-3-6-13-9-11-15(12-10-13)16-14-7-4-5-8-14/h9-12,14,16H,2-8H2,1H3. The van der Waals surface area contributed by atoms with Crippen molar-refractivity contribution in [1.82, 2.24) is 0 Å². The van der Waals surface area contributed by atoms with Gasteiger partial charge >= 0.3 is 0 Å². The number of hydrogen-bond donors (Lipinski definition) is 1. The number of aryl methyl sites for hydroxylation is 1. The molecule has 1 aliphatic rings. The Morgan fingerprint density at radius 3 is 2.44 bits per heavy atom. The Balaban J connectivity index is 1.86. The van der Waals surface area contributed by atoms with Crippen molar-refractivity contribution >= 4 is 5.69 Å². The third-order valence-electron chi connectivity index (χ3n) is 3.50. The van der Waals surface area contributed by atoms with Gasteiger partial charge in [0, 0.05) is 11.7 Å². The Morgan fingerprint density at radius 1 is 1.12 bits per heavy atom. The molecule has 1 heteroatoms. The molecule has 0 saturated heterocycles. The molecular formula is C15H23N. The molecule has 0 spiro atoms.